The van der Waals surface area contributed by atoms with Gasteiger partial charge in [0.15, 0.2) is 13.2 Å². The lowest BCUT2D eigenvalue weighted by Gasteiger charge is -2.24. The lowest BCUT2D eigenvalue weighted by molar-refractivity contribution is -0.143. The van der Waals surface area contributed by atoms with Crippen molar-refractivity contribution in [3.8, 4) is 34.8 Å². The molecule has 306 valence electrons. The maximum absolute atomic E-state index is 12.1. The van der Waals surface area contributed by atoms with Gasteiger partial charge in [0, 0.05) is 61.1 Å². The predicted octanol–water partition coefficient (Wildman–Crippen LogP) is 10.0. The molecule has 0 unspecified atom stereocenters. The Bertz CT molecular complexity index is 2050. The highest BCUT2D eigenvalue weighted by Gasteiger charge is 2.17. The summed E-state index contributed by atoms with van der Waals surface area (Å²) in [7, 11) is 6.88. The van der Waals surface area contributed by atoms with Gasteiger partial charge in [-0.3, -0.25) is 14.6 Å². The molecule has 4 aromatic carbocycles. The predicted molar refractivity (Wildman–Crippen MR) is 231 cm³/mol. The van der Waals surface area contributed by atoms with Gasteiger partial charge in [0.25, 0.3) is 11.8 Å². The second-order valence-electron chi connectivity index (χ2n) is 14.2. The molecule has 4 rings (SSSR count). The number of carbonyl (C=O) groups is 2. The first-order valence-corrected chi connectivity index (χ1v) is 19.8. The molecule has 0 fully saturated rings. The summed E-state index contributed by atoms with van der Waals surface area (Å²) in [5, 5.41) is 25.0. The van der Waals surface area contributed by atoms with E-state index in [2.05, 4.69) is 11.8 Å². The SMILES string of the molecule is CC#CCN(C)C(=O)COc1cc(Cl)c(Cc2ccc(O)c(C(C)C)c2)c(Cl)c1.CC(C)c1cc(Cc2c(Cl)cc(OCC(=O)N(C)N(C)C)cc2Cl)ccc1O. The number of phenols is 2. The smallest absolute Gasteiger partial charge is 0.274 e. The number of hydrogen-bond acceptors (Lipinski definition) is 7. The number of hydrogen-bond donors (Lipinski definition) is 2. The molecule has 0 aliphatic rings. The zero-order valence-electron chi connectivity index (χ0n) is 33.8. The summed E-state index contributed by atoms with van der Waals surface area (Å²) in [5.41, 5.74) is 5.30. The average molecular weight is 860 g/mol. The van der Waals surface area contributed by atoms with Crippen molar-refractivity contribution in [1.82, 2.24) is 14.9 Å². The van der Waals surface area contributed by atoms with Gasteiger partial charge in [0.1, 0.15) is 23.0 Å². The van der Waals surface area contributed by atoms with Gasteiger partial charge in [-0.1, -0.05) is 104 Å². The number of halogens is 4. The van der Waals surface area contributed by atoms with Crippen molar-refractivity contribution in [3.05, 3.63) is 114 Å². The minimum Gasteiger partial charge on any atom is -0.508 e. The van der Waals surface area contributed by atoms with Crippen molar-refractivity contribution in [1.29, 1.82) is 0 Å². The highest BCUT2D eigenvalue weighted by atomic mass is 35.5. The Morgan fingerprint density at radius 2 is 1.04 bits per heavy atom. The summed E-state index contributed by atoms with van der Waals surface area (Å²) in [5.74, 6) is 7.05. The highest BCUT2D eigenvalue weighted by molar-refractivity contribution is 6.36. The summed E-state index contributed by atoms with van der Waals surface area (Å²) in [6.45, 7) is 9.95. The topological polar surface area (TPSA) is 103 Å². The summed E-state index contributed by atoms with van der Waals surface area (Å²) in [6, 6.07) is 17.7. The molecule has 0 bridgehead atoms. The number of amides is 2. The van der Waals surface area contributed by atoms with Crippen LogP contribution in [0.4, 0.5) is 0 Å². The Balaban J connectivity index is 0.000000306. The zero-order valence-corrected chi connectivity index (χ0v) is 36.9. The lowest BCUT2D eigenvalue weighted by Crippen LogP contribution is -2.41. The summed E-state index contributed by atoms with van der Waals surface area (Å²) >= 11 is 25.7. The van der Waals surface area contributed by atoms with Crippen molar-refractivity contribution in [2.45, 2.75) is 59.3 Å². The first-order chi connectivity index (χ1) is 26.8. The number of hydrazine groups is 1. The van der Waals surface area contributed by atoms with Crippen LogP contribution in [-0.4, -0.2) is 84.9 Å². The van der Waals surface area contributed by atoms with Gasteiger partial charge < -0.3 is 24.6 Å². The Kier molecular flexibility index (Phi) is 18.2. The van der Waals surface area contributed by atoms with E-state index in [1.807, 2.05) is 52.0 Å². The largest absolute Gasteiger partial charge is 0.508 e. The quantitative estimate of drug-likeness (QED) is 0.0962. The van der Waals surface area contributed by atoms with E-state index in [4.69, 9.17) is 55.9 Å². The van der Waals surface area contributed by atoms with E-state index in [9.17, 15) is 19.8 Å². The molecular weight excluding hydrogens is 808 g/mol. The fraction of sp³-hybridized carbons (Fsp3) is 0.364. The molecule has 0 saturated heterocycles. The molecule has 0 spiro atoms. The molecule has 0 saturated carbocycles. The van der Waals surface area contributed by atoms with Crippen molar-refractivity contribution < 1.29 is 29.3 Å². The average Bonchev–Trinajstić information content (AvgIpc) is 3.15. The fourth-order valence-corrected chi connectivity index (χ4v) is 6.63. The van der Waals surface area contributed by atoms with Crippen LogP contribution in [0.25, 0.3) is 0 Å². The van der Waals surface area contributed by atoms with Crippen LogP contribution in [0.15, 0.2) is 60.7 Å². The number of nitrogens with zero attached hydrogens (tertiary/aromatic N) is 3. The van der Waals surface area contributed by atoms with Crippen molar-refractivity contribution in [2.75, 3.05) is 47.9 Å². The van der Waals surface area contributed by atoms with Crippen LogP contribution >= 0.6 is 46.4 Å². The molecule has 13 heteroatoms. The molecule has 2 amide bonds. The van der Waals surface area contributed by atoms with Crippen LogP contribution in [0.3, 0.4) is 0 Å². The van der Waals surface area contributed by atoms with Crippen LogP contribution < -0.4 is 9.47 Å². The molecule has 0 heterocycles. The molecule has 0 atom stereocenters. The van der Waals surface area contributed by atoms with E-state index >= 15 is 0 Å². The van der Waals surface area contributed by atoms with Crippen LogP contribution in [0.1, 0.15) is 79.8 Å². The molecule has 4 aromatic rings. The Morgan fingerprint density at radius 3 is 1.39 bits per heavy atom. The molecule has 0 aliphatic heterocycles. The van der Waals surface area contributed by atoms with Gasteiger partial charge in [-0.25, -0.2) is 5.01 Å². The Hall–Kier alpha value is -4.30. The van der Waals surface area contributed by atoms with E-state index in [1.54, 1.807) is 76.5 Å². The van der Waals surface area contributed by atoms with Crippen LogP contribution in [-0.2, 0) is 22.4 Å². The molecule has 0 aliphatic carbocycles. The molecular formula is C44H51Cl4N3O6. The van der Waals surface area contributed by atoms with Crippen molar-refractivity contribution in [3.63, 3.8) is 0 Å². The maximum Gasteiger partial charge on any atom is 0.274 e. The molecule has 9 nitrogen and oxygen atoms in total. The van der Waals surface area contributed by atoms with Crippen LogP contribution in [0.5, 0.6) is 23.0 Å². The highest BCUT2D eigenvalue weighted by Crippen LogP contribution is 2.35. The van der Waals surface area contributed by atoms with Crippen LogP contribution in [0, 0.1) is 11.8 Å². The molecule has 57 heavy (non-hydrogen) atoms. The minimum atomic E-state index is -0.188. The fourth-order valence-electron chi connectivity index (χ4n) is 5.43. The van der Waals surface area contributed by atoms with Gasteiger partial charge in [0.2, 0.25) is 0 Å². The minimum absolute atomic E-state index is 0.115. The first kappa shape index (κ1) is 47.1. The van der Waals surface area contributed by atoms with E-state index in [1.165, 1.54) is 9.91 Å². The van der Waals surface area contributed by atoms with Gasteiger partial charge in [0.05, 0.1) is 6.54 Å². The van der Waals surface area contributed by atoms with Crippen LogP contribution in [0.2, 0.25) is 20.1 Å². The number of aromatic hydroxyl groups is 2. The summed E-state index contributed by atoms with van der Waals surface area (Å²) in [4.78, 5) is 25.6. The number of ether oxygens (including phenoxy) is 2. The Morgan fingerprint density at radius 1 is 0.649 bits per heavy atom. The van der Waals surface area contributed by atoms with Gasteiger partial charge >= 0.3 is 0 Å². The third-order valence-corrected chi connectivity index (χ3v) is 10.4. The number of benzene rings is 4. The number of carbonyl (C=O) groups excluding carboxylic acids is 2. The first-order valence-electron chi connectivity index (χ1n) is 18.2. The van der Waals surface area contributed by atoms with Crippen molar-refractivity contribution in [2.24, 2.45) is 0 Å². The van der Waals surface area contributed by atoms with Gasteiger partial charge in [-0.2, -0.15) is 0 Å². The summed E-state index contributed by atoms with van der Waals surface area (Å²) in [6.07, 6.45) is 1.05. The van der Waals surface area contributed by atoms with E-state index in [-0.39, 0.29) is 48.4 Å². The van der Waals surface area contributed by atoms with E-state index in [0.29, 0.717) is 51.0 Å². The molecule has 0 aromatic heterocycles. The van der Waals surface area contributed by atoms with Gasteiger partial charge in [-0.05, 0) is 88.5 Å². The maximum atomic E-state index is 12.1. The monoisotopic (exact) mass is 857 g/mol. The lowest BCUT2D eigenvalue weighted by atomic mass is 9.96. The third-order valence-electron chi connectivity index (χ3n) is 9.02. The second kappa shape index (κ2) is 22.0. The summed E-state index contributed by atoms with van der Waals surface area (Å²) < 4.78 is 11.1. The molecule has 0 radical (unpaired) electrons. The number of likely N-dealkylation sites (N-methyl/N-ethyl adjacent to an activating group) is 2. The van der Waals surface area contributed by atoms with E-state index in [0.717, 1.165) is 33.4 Å². The number of rotatable bonds is 14. The number of phenolic OH excluding ortho intramolecular Hbond substituents is 2. The third kappa shape index (κ3) is 13.9. The Labute approximate surface area is 357 Å². The standard InChI is InChI=1S/C23H25Cl2NO3.C21H26Cl2N2O3/c1-5-6-9-26(4)23(28)14-29-17-12-20(24)19(21(25)13-17)11-16-7-8-22(27)18(10-16)15(2)3;1-13(2)16-8-14(6-7-20(16)26)9-17-18(22)10-15(11-19(17)23)28-12-21(27)25(5)24(3)4/h7-8,10,12-13,15,27H,9,11,14H2,1-4H3;6-8,10-11,13,26H,9,12H2,1-5H3. The van der Waals surface area contributed by atoms with Crippen molar-refractivity contribution >= 4 is 58.2 Å². The van der Waals surface area contributed by atoms with Gasteiger partial charge in [-0.15, -0.1) is 5.92 Å². The molecule has 2 N–H and O–H groups in total. The van der Waals surface area contributed by atoms with E-state index < -0.39 is 0 Å². The second-order valence-corrected chi connectivity index (χ2v) is 15.8. The normalized spacial score (nSPS) is 10.8. The zero-order chi connectivity index (χ0) is 42.6.